The lowest BCUT2D eigenvalue weighted by Crippen LogP contribution is -2.34. The Morgan fingerprint density at radius 2 is 2.04 bits per heavy atom. The lowest BCUT2D eigenvalue weighted by molar-refractivity contribution is 0.207. The largest absolute Gasteiger partial charge is 0.322 e. The number of aryl methyl sites for hydroxylation is 2. The number of amides is 2. The second-order valence-electron chi connectivity index (χ2n) is 6.16. The average Bonchev–Trinajstić information content (AvgIpc) is 3.00. The van der Waals surface area contributed by atoms with E-state index in [1.165, 1.54) is 11.1 Å². The summed E-state index contributed by atoms with van der Waals surface area (Å²) in [6.45, 7) is 4.92. The third-order valence-corrected chi connectivity index (χ3v) is 5.24. The second kappa shape index (κ2) is 6.75. The molecule has 1 fully saturated rings. The Hall–Kier alpha value is -1.81. The van der Waals surface area contributed by atoms with Crippen molar-refractivity contribution in [3.05, 3.63) is 63.6 Å². The Kier molecular flexibility index (Phi) is 4.71. The molecule has 1 N–H and O–H groups in total. The molecule has 3 nitrogen and oxygen atoms in total. The number of hydrogen-bond acceptors (Lipinski definition) is 1. The summed E-state index contributed by atoms with van der Waals surface area (Å²) in [5.41, 5.74) is 4.41. The highest BCUT2D eigenvalue weighted by molar-refractivity contribution is 9.10. The van der Waals surface area contributed by atoms with Crippen LogP contribution in [-0.4, -0.2) is 17.5 Å². The number of hydrogen-bond donors (Lipinski definition) is 1. The Morgan fingerprint density at radius 3 is 2.78 bits per heavy atom. The monoisotopic (exact) mass is 372 g/mol. The van der Waals surface area contributed by atoms with Gasteiger partial charge in [-0.15, -0.1) is 0 Å². The van der Waals surface area contributed by atoms with Crippen LogP contribution in [0.1, 0.15) is 35.6 Å². The van der Waals surface area contributed by atoms with Crippen molar-refractivity contribution in [2.45, 2.75) is 32.7 Å². The van der Waals surface area contributed by atoms with Crippen LogP contribution in [0, 0.1) is 13.8 Å². The minimum Gasteiger partial charge on any atom is -0.317 e. The first-order valence-electron chi connectivity index (χ1n) is 7.95. The van der Waals surface area contributed by atoms with Gasteiger partial charge in [-0.25, -0.2) is 4.79 Å². The molecule has 3 rings (SSSR count). The minimum absolute atomic E-state index is 0.0178. The van der Waals surface area contributed by atoms with Gasteiger partial charge in [0.05, 0.1) is 6.04 Å². The first-order chi connectivity index (χ1) is 11.0. The number of urea groups is 1. The first-order valence-corrected chi connectivity index (χ1v) is 8.74. The van der Waals surface area contributed by atoms with Gasteiger partial charge in [-0.05, 0) is 56.0 Å². The molecule has 0 bridgehead atoms. The molecule has 0 spiro atoms. The molecule has 2 aromatic carbocycles. The molecule has 2 amide bonds. The number of anilines is 1. The molecule has 2 aromatic rings. The number of carbonyl (C=O) groups is 1. The fourth-order valence-electron chi connectivity index (χ4n) is 3.15. The van der Waals surface area contributed by atoms with Crippen molar-refractivity contribution in [3.8, 4) is 0 Å². The topological polar surface area (TPSA) is 32.3 Å². The van der Waals surface area contributed by atoms with Gasteiger partial charge in [0, 0.05) is 16.7 Å². The summed E-state index contributed by atoms with van der Waals surface area (Å²) in [6, 6.07) is 14.5. The number of nitrogens with zero attached hydrogens (tertiary/aromatic N) is 1. The number of carbonyl (C=O) groups excluding carboxylic acids is 1. The summed E-state index contributed by atoms with van der Waals surface area (Å²) < 4.78 is 1.05. The van der Waals surface area contributed by atoms with Crippen molar-refractivity contribution in [2.75, 3.05) is 11.9 Å². The normalized spacial score (nSPS) is 17.3. The lowest BCUT2D eigenvalue weighted by Gasteiger charge is -2.25. The van der Waals surface area contributed by atoms with Crippen molar-refractivity contribution < 1.29 is 4.79 Å². The van der Waals surface area contributed by atoms with Gasteiger partial charge in [-0.2, -0.15) is 0 Å². The van der Waals surface area contributed by atoms with Crippen LogP contribution in [0.3, 0.4) is 0 Å². The molecule has 1 atom stereocenters. The zero-order valence-corrected chi connectivity index (χ0v) is 15.1. The van der Waals surface area contributed by atoms with Crippen LogP contribution in [0.4, 0.5) is 10.5 Å². The maximum atomic E-state index is 12.7. The zero-order chi connectivity index (χ0) is 16.4. The molecular weight excluding hydrogens is 352 g/mol. The maximum absolute atomic E-state index is 12.7. The van der Waals surface area contributed by atoms with Crippen molar-refractivity contribution >= 4 is 27.6 Å². The standard InChI is InChI=1S/C19H21BrN2O/c1-13-5-3-6-15(11-13)18-7-4-10-22(18)19(23)21-16-8-9-17(20)14(2)12-16/h3,5-6,8-9,11-12,18H,4,7,10H2,1-2H3,(H,21,23)/t18-/m0/s1. The van der Waals surface area contributed by atoms with Gasteiger partial charge in [-0.3, -0.25) is 0 Å². The molecule has 1 aliphatic rings. The molecule has 4 heteroatoms. The molecule has 1 aliphatic heterocycles. The molecule has 1 saturated heterocycles. The van der Waals surface area contributed by atoms with E-state index in [0.29, 0.717) is 0 Å². The average molecular weight is 373 g/mol. The SMILES string of the molecule is Cc1cccc([C@@H]2CCCN2C(=O)Nc2ccc(Br)c(C)c2)c1. The molecule has 120 valence electrons. The summed E-state index contributed by atoms with van der Waals surface area (Å²) >= 11 is 3.49. The molecule has 0 radical (unpaired) electrons. The van der Waals surface area contributed by atoms with Gasteiger partial charge in [0.15, 0.2) is 0 Å². The summed E-state index contributed by atoms with van der Waals surface area (Å²) in [5.74, 6) is 0. The molecule has 0 aliphatic carbocycles. The fraction of sp³-hybridized carbons (Fsp3) is 0.316. The van der Waals surface area contributed by atoms with Gasteiger partial charge in [-0.1, -0.05) is 45.8 Å². The summed E-state index contributed by atoms with van der Waals surface area (Å²) in [5, 5.41) is 3.03. The second-order valence-corrected chi connectivity index (χ2v) is 7.01. The quantitative estimate of drug-likeness (QED) is 0.748. The lowest BCUT2D eigenvalue weighted by atomic mass is 10.0. The third kappa shape index (κ3) is 3.58. The predicted molar refractivity (Wildman–Crippen MR) is 97.8 cm³/mol. The van der Waals surface area contributed by atoms with Gasteiger partial charge in [0.25, 0.3) is 0 Å². The Morgan fingerprint density at radius 1 is 1.22 bits per heavy atom. The zero-order valence-electron chi connectivity index (χ0n) is 13.5. The van der Waals surface area contributed by atoms with Gasteiger partial charge in [0.1, 0.15) is 0 Å². The maximum Gasteiger partial charge on any atom is 0.322 e. The summed E-state index contributed by atoms with van der Waals surface area (Å²) in [4.78, 5) is 14.6. The molecule has 1 heterocycles. The van der Waals surface area contributed by atoms with E-state index in [1.54, 1.807) is 0 Å². The van der Waals surface area contributed by atoms with E-state index >= 15 is 0 Å². The van der Waals surface area contributed by atoms with E-state index in [2.05, 4.69) is 52.4 Å². The van der Waals surface area contributed by atoms with Crippen molar-refractivity contribution in [1.29, 1.82) is 0 Å². The van der Waals surface area contributed by atoms with Crippen molar-refractivity contribution in [2.24, 2.45) is 0 Å². The van der Waals surface area contributed by atoms with Gasteiger partial charge in [0.2, 0.25) is 0 Å². The molecular formula is C19H21BrN2O. The van der Waals surface area contributed by atoms with Crippen molar-refractivity contribution in [1.82, 2.24) is 4.90 Å². The Bertz CT molecular complexity index is 729. The van der Waals surface area contributed by atoms with E-state index in [1.807, 2.05) is 30.0 Å². The van der Waals surface area contributed by atoms with Gasteiger partial charge < -0.3 is 10.2 Å². The highest BCUT2D eigenvalue weighted by atomic mass is 79.9. The van der Waals surface area contributed by atoms with Crippen LogP contribution >= 0.6 is 15.9 Å². The van der Waals surface area contributed by atoms with E-state index in [4.69, 9.17) is 0 Å². The Labute approximate surface area is 145 Å². The van der Waals surface area contributed by atoms with Crippen LogP contribution in [0.25, 0.3) is 0 Å². The van der Waals surface area contributed by atoms with Crippen LogP contribution < -0.4 is 5.32 Å². The predicted octanol–water partition coefficient (Wildman–Crippen LogP) is 5.43. The summed E-state index contributed by atoms with van der Waals surface area (Å²) in [6.07, 6.45) is 2.07. The number of benzene rings is 2. The van der Waals surface area contributed by atoms with Crippen LogP contribution in [-0.2, 0) is 0 Å². The molecule has 0 saturated carbocycles. The number of halogens is 1. The Balaban J connectivity index is 1.76. The van der Waals surface area contributed by atoms with Crippen molar-refractivity contribution in [3.63, 3.8) is 0 Å². The van der Waals surface area contributed by atoms with Gasteiger partial charge >= 0.3 is 6.03 Å². The molecule has 0 aromatic heterocycles. The smallest absolute Gasteiger partial charge is 0.317 e. The first kappa shape index (κ1) is 16.1. The number of rotatable bonds is 2. The molecule has 23 heavy (non-hydrogen) atoms. The van der Waals surface area contributed by atoms with Crippen LogP contribution in [0.5, 0.6) is 0 Å². The van der Waals surface area contributed by atoms with E-state index in [-0.39, 0.29) is 12.1 Å². The van der Waals surface area contributed by atoms with Crippen LogP contribution in [0.15, 0.2) is 46.9 Å². The highest BCUT2D eigenvalue weighted by Crippen LogP contribution is 2.33. The molecule has 0 unspecified atom stereocenters. The number of likely N-dealkylation sites (tertiary alicyclic amines) is 1. The van der Waals surface area contributed by atoms with Crippen LogP contribution in [0.2, 0.25) is 0 Å². The fourth-order valence-corrected chi connectivity index (χ4v) is 3.40. The summed E-state index contributed by atoms with van der Waals surface area (Å²) in [7, 11) is 0. The number of nitrogens with one attached hydrogen (secondary N) is 1. The highest BCUT2D eigenvalue weighted by Gasteiger charge is 2.30. The van der Waals surface area contributed by atoms with E-state index < -0.39 is 0 Å². The van der Waals surface area contributed by atoms with E-state index in [0.717, 1.165) is 35.1 Å². The van der Waals surface area contributed by atoms with E-state index in [9.17, 15) is 4.79 Å². The minimum atomic E-state index is -0.0178. The third-order valence-electron chi connectivity index (χ3n) is 4.35.